The predicted octanol–water partition coefficient (Wildman–Crippen LogP) is 1.34. The lowest BCUT2D eigenvalue weighted by molar-refractivity contribution is -0.141. The van der Waals surface area contributed by atoms with Crippen LogP contribution in [0.4, 0.5) is 0 Å². The van der Waals surface area contributed by atoms with Gasteiger partial charge in [-0.3, -0.25) is 14.3 Å². The van der Waals surface area contributed by atoms with E-state index < -0.39 is 5.97 Å². The van der Waals surface area contributed by atoms with Crippen molar-refractivity contribution < 1.29 is 19.5 Å². The lowest BCUT2D eigenvalue weighted by atomic mass is 9.85. The molecule has 1 aliphatic heterocycles. The van der Waals surface area contributed by atoms with Crippen molar-refractivity contribution in [3.8, 4) is 0 Å². The highest BCUT2D eigenvalue weighted by Crippen LogP contribution is 2.35. The average molecular weight is 370 g/mol. The molecule has 3 rings (SSSR count). The number of nitrogens with zero attached hydrogens (tertiary/aromatic N) is 3. The summed E-state index contributed by atoms with van der Waals surface area (Å²) in [6.45, 7) is 0.230. The van der Waals surface area contributed by atoms with Crippen LogP contribution in [0.5, 0.6) is 0 Å². The highest BCUT2D eigenvalue weighted by atomic mass is 16.4. The van der Waals surface area contributed by atoms with Crippen LogP contribution >= 0.6 is 0 Å². The molecule has 0 spiro atoms. The Balaban J connectivity index is 1.74. The molecular weight excluding hydrogens is 348 g/mol. The Hall–Kier alpha value is -3.16. The molecule has 1 aromatic heterocycles. The number of rotatable bonds is 5. The fourth-order valence-corrected chi connectivity index (χ4v) is 3.50. The number of carbonyl (C=O) groups is 3. The third-order valence-corrected chi connectivity index (χ3v) is 4.90. The largest absolute Gasteiger partial charge is 0.478 e. The first-order chi connectivity index (χ1) is 12.9. The molecule has 1 aliphatic rings. The maximum Gasteiger partial charge on any atom is 0.335 e. The van der Waals surface area contributed by atoms with Gasteiger partial charge in [-0.1, -0.05) is 12.1 Å². The summed E-state index contributed by atoms with van der Waals surface area (Å²) in [6, 6.07) is 6.09. The molecule has 0 bridgehead atoms. The second-order valence-electron chi connectivity index (χ2n) is 6.77. The molecule has 0 unspecified atom stereocenters. The fraction of sp³-hybridized carbons (Fsp3) is 0.368. The van der Waals surface area contributed by atoms with Gasteiger partial charge in [0.15, 0.2) is 0 Å². The Morgan fingerprint density at radius 1 is 1.33 bits per heavy atom. The first-order valence-corrected chi connectivity index (χ1v) is 8.71. The summed E-state index contributed by atoms with van der Waals surface area (Å²) in [4.78, 5) is 37.7. The summed E-state index contributed by atoms with van der Waals surface area (Å²) in [5.74, 6) is -1.56. The maximum atomic E-state index is 12.8. The smallest absolute Gasteiger partial charge is 0.335 e. The second-order valence-corrected chi connectivity index (χ2v) is 6.77. The molecule has 2 heterocycles. The van der Waals surface area contributed by atoms with E-state index in [0.29, 0.717) is 18.4 Å². The van der Waals surface area contributed by atoms with Gasteiger partial charge in [-0.05, 0) is 24.1 Å². The summed E-state index contributed by atoms with van der Waals surface area (Å²) >= 11 is 0. The molecule has 1 saturated heterocycles. The minimum atomic E-state index is -1.01. The van der Waals surface area contributed by atoms with Gasteiger partial charge in [0, 0.05) is 38.8 Å². The van der Waals surface area contributed by atoms with E-state index in [9.17, 15) is 14.4 Å². The molecule has 8 nitrogen and oxygen atoms in total. The molecule has 2 N–H and O–H groups in total. The van der Waals surface area contributed by atoms with Gasteiger partial charge in [0.1, 0.15) is 0 Å². The van der Waals surface area contributed by atoms with E-state index in [2.05, 4.69) is 10.4 Å². The second kappa shape index (κ2) is 7.61. The topological polar surface area (TPSA) is 105 Å². The van der Waals surface area contributed by atoms with E-state index in [0.717, 1.165) is 5.56 Å². The van der Waals surface area contributed by atoms with E-state index >= 15 is 0 Å². The van der Waals surface area contributed by atoms with Crippen LogP contribution in [-0.2, 0) is 23.2 Å². The zero-order valence-corrected chi connectivity index (χ0v) is 15.3. The molecule has 8 heteroatoms. The number of benzene rings is 1. The number of amides is 2. The number of aromatic carboxylic acids is 1. The van der Waals surface area contributed by atoms with Crippen LogP contribution in [-0.4, -0.2) is 44.6 Å². The molecule has 27 heavy (non-hydrogen) atoms. The van der Waals surface area contributed by atoms with E-state index in [1.165, 1.54) is 12.1 Å². The number of carboxylic acids is 1. The highest BCUT2D eigenvalue weighted by molar-refractivity contribution is 5.88. The maximum absolute atomic E-state index is 12.8. The predicted molar refractivity (Wildman–Crippen MR) is 96.7 cm³/mol. The van der Waals surface area contributed by atoms with Crippen molar-refractivity contribution in [3.63, 3.8) is 0 Å². The van der Waals surface area contributed by atoms with Gasteiger partial charge in [0.25, 0.3) is 0 Å². The Morgan fingerprint density at radius 3 is 2.78 bits per heavy atom. The molecule has 1 fully saturated rings. The minimum Gasteiger partial charge on any atom is -0.478 e. The lowest BCUT2D eigenvalue weighted by Gasteiger charge is -2.37. The van der Waals surface area contributed by atoms with Crippen molar-refractivity contribution in [2.75, 3.05) is 7.05 Å². The molecule has 2 amide bonds. The molecule has 2 aromatic rings. The Kier molecular flexibility index (Phi) is 5.25. The normalized spacial score (nSPS) is 19.8. The molecule has 0 saturated carbocycles. The van der Waals surface area contributed by atoms with Gasteiger partial charge in [-0.25, -0.2) is 4.79 Å². The van der Waals surface area contributed by atoms with Crippen LogP contribution in [0.15, 0.2) is 36.7 Å². The van der Waals surface area contributed by atoms with E-state index in [1.807, 2.05) is 6.20 Å². The number of aryl methyl sites for hydroxylation is 1. The molecule has 2 atom stereocenters. The minimum absolute atomic E-state index is 0.00191. The molecule has 1 aromatic carbocycles. The average Bonchev–Trinajstić information content (AvgIpc) is 3.08. The number of piperidine rings is 1. The van der Waals surface area contributed by atoms with Crippen molar-refractivity contribution >= 4 is 17.8 Å². The zero-order chi connectivity index (χ0) is 19.6. The van der Waals surface area contributed by atoms with Crippen LogP contribution in [0.3, 0.4) is 0 Å². The van der Waals surface area contributed by atoms with E-state index in [-0.39, 0.29) is 35.9 Å². The third-order valence-electron chi connectivity index (χ3n) is 4.90. The number of nitrogens with one attached hydrogen (secondary N) is 1. The SMILES string of the molecule is CN1C(=O)CC[C@@H](C(=O)NCc2cccc(C(=O)O)c2)[C@H]1c1cnn(C)c1. The number of hydrogen-bond donors (Lipinski definition) is 2. The van der Waals surface area contributed by atoms with Crippen molar-refractivity contribution in [3.05, 3.63) is 53.3 Å². The van der Waals surface area contributed by atoms with E-state index in [4.69, 9.17) is 5.11 Å². The summed E-state index contributed by atoms with van der Waals surface area (Å²) in [5.41, 5.74) is 1.71. The molecule has 142 valence electrons. The first-order valence-electron chi connectivity index (χ1n) is 8.71. The molecule has 0 radical (unpaired) electrons. The van der Waals surface area contributed by atoms with E-state index in [1.54, 1.807) is 42.0 Å². The van der Waals surface area contributed by atoms with Gasteiger partial charge < -0.3 is 15.3 Å². The lowest BCUT2D eigenvalue weighted by Crippen LogP contribution is -2.46. The Morgan fingerprint density at radius 2 is 2.11 bits per heavy atom. The summed E-state index contributed by atoms with van der Waals surface area (Å²) < 4.78 is 1.65. The molecule has 0 aliphatic carbocycles. The van der Waals surface area contributed by atoms with Crippen molar-refractivity contribution in [2.24, 2.45) is 13.0 Å². The summed E-state index contributed by atoms with van der Waals surface area (Å²) in [6.07, 6.45) is 4.27. The number of aromatic nitrogens is 2. The van der Waals surface area contributed by atoms with Crippen LogP contribution in [0.25, 0.3) is 0 Å². The van der Waals surface area contributed by atoms with Gasteiger partial charge in [-0.15, -0.1) is 0 Å². The van der Waals surface area contributed by atoms with Gasteiger partial charge in [0.05, 0.1) is 23.7 Å². The van der Waals surface area contributed by atoms with Crippen LogP contribution in [0, 0.1) is 5.92 Å². The number of hydrogen-bond acceptors (Lipinski definition) is 4. The quantitative estimate of drug-likeness (QED) is 0.827. The third kappa shape index (κ3) is 3.99. The Bertz CT molecular complexity index is 876. The summed E-state index contributed by atoms with van der Waals surface area (Å²) in [5, 5.41) is 16.1. The van der Waals surface area contributed by atoms with Gasteiger partial charge in [-0.2, -0.15) is 5.10 Å². The number of carboxylic acid groups (broad SMARTS) is 1. The summed E-state index contributed by atoms with van der Waals surface area (Å²) in [7, 11) is 3.49. The van der Waals surface area contributed by atoms with Crippen LogP contribution in [0.2, 0.25) is 0 Å². The van der Waals surface area contributed by atoms with Crippen molar-refractivity contribution in [1.82, 2.24) is 20.0 Å². The molecular formula is C19H22N4O4. The number of carbonyl (C=O) groups excluding carboxylic acids is 2. The van der Waals surface area contributed by atoms with Crippen LogP contribution < -0.4 is 5.32 Å². The monoisotopic (exact) mass is 370 g/mol. The van der Waals surface area contributed by atoms with Crippen molar-refractivity contribution in [2.45, 2.75) is 25.4 Å². The van der Waals surface area contributed by atoms with Crippen molar-refractivity contribution in [1.29, 1.82) is 0 Å². The van der Waals surface area contributed by atoms with Gasteiger partial charge >= 0.3 is 5.97 Å². The van der Waals surface area contributed by atoms with Gasteiger partial charge in [0.2, 0.25) is 11.8 Å². The zero-order valence-electron chi connectivity index (χ0n) is 15.3. The van der Waals surface area contributed by atoms with Crippen LogP contribution in [0.1, 0.15) is 40.4 Å². The number of likely N-dealkylation sites (tertiary alicyclic amines) is 1. The highest BCUT2D eigenvalue weighted by Gasteiger charge is 2.39. The first kappa shape index (κ1) is 18.6. The standard InChI is InChI=1S/C19H22N4O4/c1-22-11-14(10-21-22)17-15(6-7-16(24)23(17)2)18(25)20-9-12-4-3-5-13(8-12)19(26)27/h3-5,8,10-11,15,17H,6-7,9H2,1-2H3,(H,20,25)(H,26,27)/t15-,17-/m1/s1. The fourth-order valence-electron chi connectivity index (χ4n) is 3.50. The Labute approximate surface area is 156 Å².